The molecule has 0 radical (unpaired) electrons. The SMILES string of the molecule is CC(C)(C#N)c1cc(-c2cnc(N)c(-c3cc(-c4ccc(CNC5CC5)cc4)no3)n2)ccn1. The van der Waals surface area contributed by atoms with Crippen molar-refractivity contribution in [1.82, 2.24) is 25.4 Å². The van der Waals surface area contributed by atoms with Gasteiger partial charge in [0, 0.05) is 36.0 Å². The van der Waals surface area contributed by atoms with Gasteiger partial charge in [-0.1, -0.05) is 29.4 Å². The summed E-state index contributed by atoms with van der Waals surface area (Å²) < 4.78 is 5.59. The summed E-state index contributed by atoms with van der Waals surface area (Å²) in [6, 6.07) is 16.7. The molecule has 1 aliphatic carbocycles. The zero-order chi connectivity index (χ0) is 23.7. The number of nitrogen functional groups attached to an aromatic ring is 1. The van der Waals surface area contributed by atoms with Crippen LogP contribution in [-0.4, -0.2) is 26.2 Å². The summed E-state index contributed by atoms with van der Waals surface area (Å²) in [4.78, 5) is 13.3. The Bertz CT molecular complexity index is 1360. The van der Waals surface area contributed by atoms with Crippen LogP contribution in [0.25, 0.3) is 34.0 Å². The quantitative estimate of drug-likeness (QED) is 0.421. The van der Waals surface area contributed by atoms with Crippen LogP contribution in [0.3, 0.4) is 0 Å². The number of nitrogens with two attached hydrogens (primary N) is 1. The first-order valence-corrected chi connectivity index (χ1v) is 11.2. The molecule has 4 aromatic rings. The van der Waals surface area contributed by atoms with Gasteiger partial charge in [0.05, 0.1) is 29.1 Å². The van der Waals surface area contributed by atoms with Gasteiger partial charge in [0.25, 0.3) is 0 Å². The second-order valence-electron chi connectivity index (χ2n) is 9.08. The van der Waals surface area contributed by atoms with Gasteiger partial charge in [0.1, 0.15) is 5.69 Å². The lowest BCUT2D eigenvalue weighted by Crippen LogP contribution is -2.15. The maximum atomic E-state index is 9.44. The Morgan fingerprint density at radius 2 is 1.88 bits per heavy atom. The van der Waals surface area contributed by atoms with Crippen LogP contribution in [0, 0.1) is 11.3 Å². The molecule has 1 saturated carbocycles. The van der Waals surface area contributed by atoms with Gasteiger partial charge < -0.3 is 15.6 Å². The number of nitriles is 1. The highest BCUT2D eigenvalue weighted by Gasteiger charge is 2.23. The fraction of sp³-hybridized carbons (Fsp3) is 0.269. The second kappa shape index (κ2) is 8.69. The maximum Gasteiger partial charge on any atom is 0.189 e. The molecular weight excluding hydrogens is 426 g/mol. The fourth-order valence-electron chi connectivity index (χ4n) is 3.57. The molecular formula is C26H25N7O. The van der Waals surface area contributed by atoms with Crippen LogP contribution in [0.15, 0.2) is 59.4 Å². The summed E-state index contributed by atoms with van der Waals surface area (Å²) in [7, 11) is 0. The molecule has 1 aromatic carbocycles. The van der Waals surface area contributed by atoms with Crippen LogP contribution in [0.2, 0.25) is 0 Å². The Morgan fingerprint density at radius 1 is 1.09 bits per heavy atom. The van der Waals surface area contributed by atoms with Crippen LogP contribution < -0.4 is 11.1 Å². The third-order valence-electron chi connectivity index (χ3n) is 5.94. The number of anilines is 1. The summed E-state index contributed by atoms with van der Waals surface area (Å²) >= 11 is 0. The van der Waals surface area contributed by atoms with E-state index < -0.39 is 5.41 Å². The zero-order valence-electron chi connectivity index (χ0n) is 19.1. The van der Waals surface area contributed by atoms with Crippen molar-refractivity contribution in [2.24, 2.45) is 0 Å². The lowest BCUT2D eigenvalue weighted by Gasteiger charge is -2.15. The minimum Gasteiger partial charge on any atom is -0.382 e. The third kappa shape index (κ3) is 4.51. The van der Waals surface area contributed by atoms with Gasteiger partial charge in [-0.15, -0.1) is 0 Å². The molecule has 1 fully saturated rings. The highest BCUT2D eigenvalue weighted by Crippen LogP contribution is 2.31. The van der Waals surface area contributed by atoms with Crippen molar-refractivity contribution in [3.05, 3.63) is 66.1 Å². The molecule has 3 aromatic heterocycles. The monoisotopic (exact) mass is 451 g/mol. The molecule has 0 bridgehead atoms. The molecule has 8 nitrogen and oxygen atoms in total. The van der Waals surface area contributed by atoms with E-state index >= 15 is 0 Å². The van der Waals surface area contributed by atoms with E-state index in [1.165, 1.54) is 18.4 Å². The average molecular weight is 452 g/mol. The summed E-state index contributed by atoms with van der Waals surface area (Å²) in [5.74, 6) is 0.688. The number of nitrogens with one attached hydrogen (secondary N) is 1. The van der Waals surface area contributed by atoms with Crippen molar-refractivity contribution < 1.29 is 4.52 Å². The molecule has 0 atom stereocenters. The van der Waals surface area contributed by atoms with Crippen molar-refractivity contribution in [1.29, 1.82) is 5.26 Å². The number of hydrogen-bond donors (Lipinski definition) is 2. The summed E-state index contributed by atoms with van der Waals surface area (Å²) in [5, 5.41) is 17.2. The molecule has 3 N–H and O–H groups in total. The van der Waals surface area contributed by atoms with Gasteiger partial charge in [-0.25, -0.2) is 9.97 Å². The van der Waals surface area contributed by atoms with Gasteiger partial charge in [-0.3, -0.25) is 4.98 Å². The summed E-state index contributed by atoms with van der Waals surface area (Å²) in [6.45, 7) is 4.52. The van der Waals surface area contributed by atoms with E-state index in [9.17, 15) is 5.26 Å². The van der Waals surface area contributed by atoms with Crippen molar-refractivity contribution in [2.45, 2.75) is 44.7 Å². The Labute approximate surface area is 197 Å². The highest BCUT2D eigenvalue weighted by atomic mass is 16.5. The van der Waals surface area contributed by atoms with E-state index in [2.05, 4.69) is 43.6 Å². The summed E-state index contributed by atoms with van der Waals surface area (Å²) in [5.41, 5.74) is 10.8. The lowest BCUT2D eigenvalue weighted by molar-refractivity contribution is 0.434. The number of nitrogens with zero attached hydrogens (tertiary/aromatic N) is 5. The molecule has 34 heavy (non-hydrogen) atoms. The Hall–Kier alpha value is -4.09. The van der Waals surface area contributed by atoms with Crippen LogP contribution in [-0.2, 0) is 12.0 Å². The number of hydrogen-bond acceptors (Lipinski definition) is 8. The van der Waals surface area contributed by atoms with Crippen molar-refractivity contribution in [3.8, 4) is 40.0 Å². The predicted octanol–water partition coefficient (Wildman–Crippen LogP) is 4.50. The van der Waals surface area contributed by atoms with Gasteiger partial charge in [-0.05, 0) is 44.4 Å². The van der Waals surface area contributed by atoms with E-state index in [4.69, 9.17) is 10.3 Å². The summed E-state index contributed by atoms with van der Waals surface area (Å²) in [6.07, 6.45) is 5.81. The lowest BCUT2D eigenvalue weighted by atomic mass is 9.90. The first-order chi connectivity index (χ1) is 16.4. The van der Waals surface area contributed by atoms with Crippen LogP contribution in [0.1, 0.15) is 37.9 Å². The van der Waals surface area contributed by atoms with E-state index in [1.54, 1.807) is 12.4 Å². The van der Waals surface area contributed by atoms with E-state index in [0.717, 1.165) is 17.7 Å². The Kier molecular flexibility index (Phi) is 5.56. The zero-order valence-corrected chi connectivity index (χ0v) is 19.1. The largest absolute Gasteiger partial charge is 0.382 e. The molecule has 0 amide bonds. The second-order valence-corrected chi connectivity index (χ2v) is 9.08. The highest BCUT2D eigenvalue weighted by molar-refractivity contribution is 5.73. The van der Waals surface area contributed by atoms with Crippen molar-refractivity contribution in [2.75, 3.05) is 5.73 Å². The molecule has 3 heterocycles. The molecule has 0 unspecified atom stereocenters. The molecule has 5 rings (SSSR count). The molecule has 0 spiro atoms. The van der Waals surface area contributed by atoms with Gasteiger partial charge in [0.2, 0.25) is 0 Å². The average Bonchev–Trinajstić information content (AvgIpc) is 3.57. The Balaban J connectivity index is 1.41. The standard InChI is InChI=1S/C26H25N7O/c1-26(2,15-27)23-11-18(9-10-29-23)21-14-31-25(28)24(32-21)22-12-20(33-34-22)17-5-3-16(4-6-17)13-30-19-7-8-19/h3-6,9-12,14,19,30H,7-8,13H2,1-2H3,(H2,28,31). The van der Waals surface area contributed by atoms with Gasteiger partial charge in [-0.2, -0.15) is 5.26 Å². The van der Waals surface area contributed by atoms with Gasteiger partial charge in [0.15, 0.2) is 17.3 Å². The predicted molar refractivity (Wildman–Crippen MR) is 129 cm³/mol. The fourth-order valence-corrected chi connectivity index (χ4v) is 3.57. The number of pyridine rings is 1. The van der Waals surface area contributed by atoms with E-state index in [-0.39, 0.29) is 5.82 Å². The minimum absolute atomic E-state index is 0.250. The normalized spacial score (nSPS) is 13.6. The van der Waals surface area contributed by atoms with E-state index in [1.807, 2.05) is 44.2 Å². The number of rotatable bonds is 7. The van der Waals surface area contributed by atoms with Crippen LogP contribution in [0.5, 0.6) is 0 Å². The molecule has 1 aliphatic rings. The first kappa shape index (κ1) is 21.7. The molecule has 0 aliphatic heterocycles. The number of aromatic nitrogens is 4. The molecule has 170 valence electrons. The van der Waals surface area contributed by atoms with Gasteiger partial charge >= 0.3 is 0 Å². The van der Waals surface area contributed by atoms with Crippen molar-refractivity contribution in [3.63, 3.8) is 0 Å². The topological polar surface area (TPSA) is 127 Å². The number of benzene rings is 1. The Morgan fingerprint density at radius 3 is 2.62 bits per heavy atom. The van der Waals surface area contributed by atoms with E-state index in [0.29, 0.717) is 34.6 Å². The third-order valence-corrected chi connectivity index (χ3v) is 5.94. The smallest absolute Gasteiger partial charge is 0.189 e. The van der Waals surface area contributed by atoms with Crippen LogP contribution >= 0.6 is 0 Å². The van der Waals surface area contributed by atoms with Crippen LogP contribution in [0.4, 0.5) is 5.82 Å². The maximum absolute atomic E-state index is 9.44. The minimum atomic E-state index is -0.719. The molecule has 0 saturated heterocycles. The molecule has 8 heteroatoms. The first-order valence-electron chi connectivity index (χ1n) is 11.2. The van der Waals surface area contributed by atoms with Crippen molar-refractivity contribution >= 4 is 5.82 Å².